The van der Waals surface area contributed by atoms with Gasteiger partial charge >= 0.3 is 6.03 Å². The van der Waals surface area contributed by atoms with Gasteiger partial charge in [0.05, 0.1) is 30.5 Å². The number of fused-ring (bicyclic) bond motifs is 2. The molecule has 2 heterocycles. The molecule has 2 aliphatic rings. The number of amides is 3. The predicted molar refractivity (Wildman–Crippen MR) is 163 cm³/mol. The van der Waals surface area contributed by atoms with E-state index in [9.17, 15) is 23.1 Å². The summed E-state index contributed by atoms with van der Waals surface area (Å²) in [6.45, 7) is 3.80. The number of hydrogen-bond acceptors (Lipinski definition) is 8. The van der Waals surface area contributed by atoms with Crippen LogP contribution in [0.1, 0.15) is 19.4 Å². The Balaban J connectivity index is 1.39. The van der Waals surface area contributed by atoms with Crippen molar-refractivity contribution < 1.29 is 37.3 Å². The Hall–Kier alpha value is -4.33. The molecule has 0 unspecified atom stereocenters. The van der Waals surface area contributed by atoms with Crippen molar-refractivity contribution in [3.63, 3.8) is 0 Å². The maximum Gasteiger partial charge on any atom is 0.323 e. The second-order valence-corrected chi connectivity index (χ2v) is 13.0. The van der Waals surface area contributed by atoms with E-state index in [0.29, 0.717) is 34.2 Å². The van der Waals surface area contributed by atoms with Gasteiger partial charge in [0, 0.05) is 42.5 Å². The van der Waals surface area contributed by atoms with E-state index in [4.69, 9.17) is 14.2 Å². The maximum atomic E-state index is 13.5. The molecule has 5 rings (SSSR count). The van der Waals surface area contributed by atoms with E-state index >= 15 is 0 Å². The van der Waals surface area contributed by atoms with Gasteiger partial charge in [0.1, 0.15) is 11.9 Å². The normalized spacial score (nSPS) is 18.8. The summed E-state index contributed by atoms with van der Waals surface area (Å²) in [6, 6.07) is 17.2. The number of carbonyl (C=O) groups excluding carboxylic acids is 2. The van der Waals surface area contributed by atoms with Crippen molar-refractivity contribution in [1.29, 1.82) is 0 Å². The lowest BCUT2D eigenvalue weighted by Crippen LogP contribution is -2.48. The summed E-state index contributed by atoms with van der Waals surface area (Å²) in [4.78, 5) is 28.1. The molecule has 0 bridgehead atoms. The SMILES string of the molecule is C[C@@H]1CN([C@@H](C)CO)C(=O)Cc2cc(NC(=O)Nc3ccc4c(c3)OCO4)ccc2O[C@H]1CN(C)S(=O)(=O)c1ccccc1. The van der Waals surface area contributed by atoms with Crippen LogP contribution in [-0.4, -0.2) is 80.4 Å². The molecule has 3 aromatic rings. The summed E-state index contributed by atoms with van der Waals surface area (Å²) in [6.07, 6.45) is -0.680. The van der Waals surface area contributed by atoms with Crippen LogP contribution >= 0.6 is 0 Å². The molecule has 13 heteroatoms. The molecule has 0 saturated carbocycles. The number of anilines is 2. The van der Waals surface area contributed by atoms with E-state index in [-0.39, 0.29) is 49.6 Å². The van der Waals surface area contributed by atoms with Crippen LogP contribution in [0.2, 0.25) is 0 Å². The van der Waals surface area contributed by atoms with Gasteiger partial charge in [-0.3, -0.25) is 4.79 Å². The van der Waals surface area contributed by atoms with E-state index in [1.165, 1.54) is 23.5 Å². The van der Waals surface area contributed by atoms with Crippen LogP contribution in [0, 0.1) is 5.92 Å². The Morgan fingerprint density at radius 3 is 2.39 bits per heavy atom. The molecular weight excluding hydrogens is 588 g/mol. The standard InChI is InChI=1S/C31H36N4O8S/c1-20-16-35(21(2)18-36)30(37)14-22-13-23(32-31(38)33-24-10-12-27-28(15-24)42-19-41-27)9-11-26(22)43-29(20)17-34(3)44(39,40)25-7-5-4-6-8-25/h4-13,15,20-21,29,36H,14,16-19H2,1-3H3,(H2,32,33,38)/t20-,21+,29+/m1/s1. The van der Waals surface area contributed by atoms with Gasteiger partial charge in [-0.05, 0) is 49.4 Å². The first-order chi connectivity index (χ1) is 21.0. The molecule has 44 heavy (non-hydrogen) atoms. The van der Waals surface area contributed by atoms with E-state index in [1.54, 1.807) is 66.4 Å². The van der Waals surface area contributed by atoms with Gasteiger partial charge in [-0.15, -0.1) is 0 Å². The van der Waals surface area contributed by atoms with Crippen LogP contribution in [0.5, 0.6) is 17.2 Å². The van der Waals surface area contributed by atoms with Crippen LogP contribution in [0.25, 0.3) is 0 Å². The molecule has 3 amide bonds. The number of nitrogens with one attached hydrogen (secondary N) is 2. The molecule has 12 nitrogen and oxygen atoms in total. The largest absolute Gasteiger partial charge is 0.488 e. The first-order valence-electron chi connectivity index (χ1n) is 14.2. The van der Waals surface area contributed by atoms with Gasteiger partial charge in [-0.2, -0.15) is 4.31 Å². The predicted octanol–water partition coefficient (Wildman–Crippen LogP) is 3.53. The van der Waals surface area contributed by atoms with E-state index in [0.717, 1.165) is 0 Å². The number of sulfonamides is 1. The van der Waals surface area contributed by atoms with Crippen molar-refractivity contribution in [3.8, 4) is 17.2 Å². The average Bonchev–Trinajstić information content (AvgIpc) is 3.49. The second-order valence-electron chi connectivity index (χ2n) is 11.0. The Kier molecular flexibility index (Phi) is 9.28. The van der Waals surface area contributed by atoms with Crippen molar-refractivity contribution in [2.24, 2.45) is 5.92 Å². The number of ether oxygens (including phenoxy) is 3. The Morgan fingerprint density at radius 2 is 1.68 bits per heavy atom. The van der Waals surface area contributed by atoms with Crippen LogP contribution in [0.4, 0.5) is 16.2 Å². The van der Waals surface area contributed by atoms with Crippen molar-refractivity contribution >= 4 is 33.3 Å². The molecule has 0 fully saturated rings. The van der Waals surface area contributed by atoms with E-state index < -0.39 is 28.2 Å². The highest BCUT2D eigenvalue weighted by atomic mass is 32.2. The zero-order chi connectivity index (χ0) is 31.4. The fourth-order valence-corrected chi connectivity index (χ4v) is 6.32. The monoisotopic (exact) mass is 624 g/mol. The lowest BCUT2D eigenvalue weighted by Gasteiger charge is -2.33. The fourth-order valence-electron chi connectivity index (χ4n) is 5.12. The highest BCUT2D eigenvalue weighted by molar-refractivity contribution is 7.89. The first-order valence-corrected chi connectivity index (χ1v) is 15.7. The van der Waals surface area contributed by atoms with Crippen molar-refractivity contribution in [1.82, 2.24) is 9.21 Å². The van der Waals surface area contributed by atoms with Crippen molar-refractivity contribution in [2.45, 2.75) is 37.3 Å². The molecule has 2 aliphatic heterocycles. The minimum atomic E-state index is -3.80. The second kappa shape index (κ2) is 13.1. The summed E-state index contributed by atoms with van der Waals surface area (Å²) in [7, 11) is -2.30. The quantitative estimate of drug-likeness (QED) is 0.345. The van der Waals surface area contributed by atoms with Gasteiger partial charge in [-0.25, -0.2) is 13.2 Å². The van der Waals surface area contributed by atoms with E-state index in [2.05, 4.69) is 10.6 Å². The third kappa shape index (κ3) is 6.90. The summed E-state index contributed by atoms with van der Waals surface area (Å²) in [5.74, 6) is 1.01. The molecule has 0 aromatic heterocycles. The lowest BCUT2D eigenvalue weighted by molar-refractivity contribution is -0.134. The highest BCUT2D eigenvalue weighted by Gasteiger charge is 2.33. The number of aliphatic hydroxyl groups is 1. The zero-order valence-corrected chi connectivity index (χ0v) is 25.5. The number of urea groups is 1. The minimum Gasteiger partial charge on any atom is -0.488 e. The highest BCUT2D eigenvalue weighted by Crippen LogP contribution is 2.34. The summed E-state index contributed by atoms with van der Waals surface area (Å²) in [5.41, 5.74) is 1.44. The van der Waals surface area contributed by atoms with Crippen LogP contribution in [0.15, 0.2) is 71.6 Å². The molecule has 3 N–H and O–H groups in total. The van der Waals surface area contributed by atoms with Crippen LogP contribution in [0.3, 0.4) is 0 Å². The Morgan fingerprint density at radius 1 is 1.02 bits per heavy atom. The third-order valence-electron chi connectivity index (χ3n) is 7.69. The number of carbonyl (C=O) groups is 2. The molecule has 0 spiro atoms. The lowest BCUT2D eigenvalue weighted by atomic mass is 10.0. The summed E-state index contributed by atoms with van der Waals surface area (Å²) in [5, 5.41) is 15.4. The molecule has 234 valence electrons. The van der Waals surface area contributed by atoms with E-state index in [1.807, 2.05) is 6.92 Å². The molecule has 3 aromatic carbocycles. The number of likely N-dealkylation sites (N-methyl/N-ethyl adjacent to an activating group) is 1. The maximum absolute atomic E-state index is 13.5. The number of aliphatic hydroxyl groups excluding tert-OH is 1. The first kappa shape index (κ1) is 31.1. The molecule has 0 saturated heterocycles. The molecule has 0 aliphatic carbocycles. The molecule has 0 radical (unpaired) electrons. The van der Waals surface area contributed by atoms with Gasteiger partial charge < -0.3 is 34.9 Å². The molecule has 3 atom stereocenters. The third-order valence-corrected chi connectivity index (χ3v) is 9.53. The topological polar surface area (TPSA) is 147 Å². The Bertz CT molecular complexity index is 1620. The number of rotatable bonds is 8. The smallest absolute Gasteiger partial charge is 0.323 e. The number of benzene rings is 3. The van der Waals surface area contributed by atoms with Gasteiger partial charge in [-0.1, -0.05) is 25.1 Å². The van der Waals surface area contributed by atoms with Crippen molar-refractivity contribution in [2.75, 3.05) is 44.2 Å². The number of nitrogens with zero attached hydrogens (tertiary/aromatic N) is 2. The van der Waals surface area contributed by atoms with Gasteiger partial charge in [0.15, 0.2) is 11.5 Å². The molecular formula is C31H36N4O8S. The van der Waals surface area contributed by atoms with Crippen molar-refractivity contribution in [3.05, 3.63) is 72.3 Å². The minimum absolute atomic E-state index is 0.0192. The Labute approximate surface area is 256 Å². The van der Waals surface area contributed by atoms with Crippen LogP contribution in [-0.2, 0) is 21.2 Å². The average molecular weight is 625 g/mol. The number of hydrogen-bond donors (Lipinski definition) is 3. The fraction of sp³-hybridized carbons (Fsp3) is 0.355. The van der Waals surface area contributed by atoms with Gasteiger partial charge in [0.25, 0.3) is 0 Å². The van der Waals surface area contributed by atoms with Crippen LogP contribution < -0.4 is 24.8 Å². The van der Waals surface area contributed by atoms with Gasteiger partial charge in [0.2, 0.25) is 22.7 Å². The summed E-state index contributed by atoms with van der Waals surface area (Å²) < 4.78 is 45.0. The summed E-state index contributed by atoms with van der Waals surface area (Å²) >= 11 is 0. The zero-order valence-electron chi connectivity index (χ0n) is 24.7.